The van der Waals surface area contributed by atoms with Gasteiger partial charge in [0.25, 0.3) is 0 Å². The first-order chi connectivity index (χ1) is 6.66. The van der Waals surface area contributed by atoms with Crippen LogP contribution in [-0.4, -0.2) is 12.6 Å². The molecule has 3 heteroatoms. The Bertz CT molecular complexity index is 336. The van der Waals surface area contributed by atoms with Crippen molar-refractivity contribution in [2.24, 2.45) is 0 Å². The lowest BCUT2D eigenvalue weighted by atomic mass is 10.1. The molecule has 0 saturated heterocycles. The first kappa shape index (κ1) is 11.0. The van der Waals surface area contributed by atoms with Gasteiger partial charge in [-0.25, -0.2) is 4.79 Å². The summed E-state index contributed by atoms with van der Waals surface area (Å²) >= 11 is 1.62. The van der Waals surface area contributed by atoms with Gasteiger partial charge in [0.2, 0.25) is 0 Å². The van der Waals surface area contributed by atoms with Crippen molar-refractivity contribution in [2.45, 2.75) is 20.8 Å². The van der Waals surface area contributed by atoms with E-state index in [4.69, 9.17) is 4.74 Å². The first-order valence-electron chi connectivity index (χ1n) is 4.54. The number of allylic oxidation sites excluding steroid dienone is 1. The maximum atomic E-state index is 11.4. The van der Waals surface area contributed by atoms with Gasteiger partial charge < -0.3 is 4.74 Å². The van der Waals surface area contributed by atoms with Crippen LogP contribution in [0, 0.1) is 0 Å². The average molecular weight is 210 g/mol. The second kappa shape index (κ2) is 4.96. The summed E-state index contributed by atoms with van der Waals surface area (Å²) in [5.41, 5.74) is 2.77. The summed E-state index contributed by atoms with van der Waals surface area (Å²) in [5, 5.41) is 4.02. The van der Waals surface area contributed by atoms with Gasteiger partial charge >= 0.3 is 5.97 Å². The summed E-state index contributed by atoms with van der Waals surface area (Å²) in [6.45, 7) is 5.97. The number of hydrogen-bond donors (Lipinski definition) is 0. The Labute approximate surface area is 88.2 Å². The van der Waals surface area contributed by atoms with E-state index in [0.29, 0.717) is 12.2 Å². The fourth-order valence-corrected chi connectivity index (χ4v) is 1.79. The predicted octanol–water partition coefficient (Wildman–Crippen LogP) is 3.10. The highest BCUT2D eigenvalue weighted by Crippen LogP contribution is 2.21. The van der Waals surface area contributed by atoms with E-state index in [1.54, 1.807) is 18.3 Å². The van der Waals surface area contributed by atoms with Crippen LogP contribution in [0.3, 0.4) is 0 Å². The summed E-state index contributed by atoms with van der Waals surface area (Å²) in [6.07, 6.45) is 0. The van der Waals surface area contributed by atoms with Crippen LogP contribution < -0.4 is 0 Å². The topological polar surface area (TPSA) is 26.3 Å². The fraction of sp³-hybridized carbons (Fsp3) is 0.364. The van der Waals surface area contributed by atoms with Gasteiger partial charge in [0, 0.05) is 5.57 Å². The summed E-state index contributed by atoms with van der Waals surface area (Å²) in [6, 6.07) is 2.00. The molecule has 14 heavy (non-hydrogen) atoms. The number of carbonyl (C=O) groups is 1. The molecule has 0 bridgehead atoms. The Morgan fingerprint density at radius 1 is 1.50 bits per heavy atom. The molecule has 0 aliphatic rings. The second-order valence-corrected chi connectivity index (χ2v) is 3.76. The Morgan fingerprint density at radius 2 is 2.21 bits per heavy atom. The standard InChI is InChI=1S/C11H14O2S/c1-4-13-11(12)9(3)8(2)10-5-6-14-7-10/h5-7H,4H2,1-3H3/b9-8+. The summed E-state index contributed by atoms with van der Waals surface area (Å²) in [5.74, 6) is -0.226. The van der Waals surface area contributed by atoms with E-state index in [0.717, 1.165) is 11.1 Å². The Kier molecular flexibility index (Phi) is 3.89. The number of hydrogen-bond acceptors (Lipinski definition) is 3. The molecule has 2 nitrogen and oxygen atoms in total. The summed E-state index contributed by atoms with van der Waals surface area (Å²) in [7, 11) is 0. The van der Waals surface area contributed by atoms with Crippen LogP contribution in [0.15, 0.2) is 22.4 Å². The molecular formula is C11H14O2S. The second-order valence-electron chi connectivity index (χ2n) is 2.98. The number of carbonyl (C=O) groups excluding carboxylic acids is 1. The molecule has 0 aromatic carbocycles. The van der Waals surface area contributed by atoms with Gasteiger partial charge in [-0.15, -0.1) is 0 Å². The number of rotatable bonds is 3. The van der Waals surface area contributed by atoms with Gasteiger partial charge in [0.15, 0.2) is 0 Å². The number of esters is 1. The quantitative estimate of drug-likeness (QED) is 0.566. The van der Waals surface area contributed by atoms with Crippen molar-refractivity contribution >= 4 is 22.9 Å². The fourth-order valence-electron chi connectivity index (χ4n) is 1.09. The molecule has 1 rings (SSSR count). The lowest BCUT2D eigenvalue weighted by Crippen LogP contribution is -2.06. The molecule has 76 valence electrons. The van der Waals surface area contributed by atoms with Crippen molar-refractivity contribution in [2.75, 3.05) is 6.61 Å². The van der Waals surface area contributed by atoms with E-state index in [-0.39, 0.29) is 5.97 Å². The average Bonchev–Trinajstić information content (AvgIpc) is 2.68. The van der Waals surface area contributed by atoms with Gasteiger partial charge in [-0.3, -0.25) is 0 Å². The minimum atomic E-state index is -0.226. The van der Waals surface area contributed by atoms with Crippen LogP contribution in [0.2, 0.25) is 0 Å². The molecule has 0 saturated carbocycles. The molecule has 0 atom stereocenters. The molecule has 0 amide bonds. The van der Waals surface area contributed by atoms with Crippen molar-refractivity contribution in [1.29, 1.82) is 0 Å². The van der Waals surface area contributed by atoms with Crippen LogP contribution in [0.1, 0.15) is 26.3 Å². The molecule has 0 unspecified atom stereocenters. The monoisotopic (exact) mass is 210 g/mol. The van der Waals surface area contributed by atoms with E-state index < -0.39 is 0 Å². The molecule has 0 aliphatic heterocycles. The van der Waals surface area contributed by atoms with E-state index in [2.05, 4.69) is 0 Å². The normalized spacial score (nSPS) is 12.2. The van der Waals surface area contributed by atoms with Crippen LogP contribution in [0.5, 0.6) is 0 Å². The highest BCUT2D eigenvalue weighted by Gasteiger charge is 2.09. The summed E-state index contributed by atoms with van der Waals surface area (Å²) < 4.78 is 4.93. The highest BCUT2D eigenvalue weighted by atomic mass is 32.1. The summed E-state index contributed by atoms with van der Waals surface area (Å²) in [4.78, 5) is 11.4. The van der Waals surface area contributed by atoms with Crippen molar-refractivity contribution in [3.63, 3.8) is 0 Å². The van der Waals surface area contributed by atoms with Gasteiger partial charge in [0.05, 0.1) is 6.61 Å². The van der Waals surface area contributed by atoms with Crippen LogP contribution in [-0.2, 0) is 9.53 Å². The lowest BCUT2D eigenvalue weighted by molar-refractivity contribution is -0.138. The number of thiophene rings is 1. The molecule has 0 spiro atoms. The third-order valence-electron chi connectivity index (χ3n) is 2.10. The zero-order valence-corrected chi connectivity index (χ0v) is 9.48. The Morgan fingerprint density at radius 3 is 2.71 bits per heavy atom. The van der Waals surface area contributed by atoms with Gasteiger partial charge in [0.1, 0.15) is 0 Å². The van der Waals surface area contributed by atoms with Crippen molar-refractivity contribution in [1.82, 2.24) is 0 Å². The van der Waals surface area contributed by atoms with Gasteiger partial charge in [-0.1, -0.05) is 0 Å². The van der Waals surface area contributed by atoms with Crippen molar-refractivity contribution < 1.29 is 9.53 Å². The molecule has 0 radical (unpaired) electrons. The zero-order chi connectivity index (χ0) is 10.6. The van der Waals surface area contributed by atoms with E-state index in [9.17, 15) is 4.79 Å². The molecule has 1 heterocycles. The maximum Gasteiger partial charge on any atom is 0.333 e. The number of ether oxygens (including phenoxy) is 1. The third kappa shape index (κ3) is 2.45. The van der Waals surface area contributed by atoms with E-state index in [1.165, 1.54) is 0 Å². The molecule has 0 aliphatic carbocycles. The van der Waals surface area contributed by atoms with Gasteiger partial charge in [-0.05, 0) is 48.7 Å². The van der Waals surface area contributed by atoms with Crippen LogP contribution in [0.4, 0.5) is 0 Å². The van der Waals surface area contributed by atoms with Crippen LogP contribution >= 0.6 is 11.3 Å². The van der Waals surface area contributed by atoms with Gasteiger partial charge in [-0.2, -0.15) is 11.3 Å². The van der Waals surface area contributed by atoms with Crippen molar-refractivity contribution in [3.8, 4) is 0 Å². The third-order valence-corrected chi connectivity index (χ3v) is 2.78. The molecule has 0 N–H and O–H groups in total. The van der Waals surface area contributed by atoms with E-state index in [1.807, 2.05) is 30.7 Å². The minimum Gasteiger partial charge on any atom is -0.463 e. The molecule has 1 aromatic rings. The Hall–Kier alpha value is -1.09. The van der Waals surface area contributed by atoms with Crippen LogP contribution in [0.25, 0.3) is 5.57 Å². The predicted molar refractivity (Wildman–Crippen MR) is 59.2 cm³/mol. The first-order valence-corrected chi connectivity index (χ1v) is 5.48. The van der Waals surface area contributed by atoms with E-state index >= 15 is 0 Å². The minimum absolute atomic E-state index is 0.226. The SMILES string of the molecule is CCOC(=O)/C(C)=C(\C)c1ccsc1. The Balaban J connectivity index is 2.88. The maximum absolute atomic E-state index is 11.4. The highest BCUT2D eigenvalue weighted by molar-refractivity contribution is 7.08. The van der Waals surface area contributed by atoms with Crippen molar-refractivity contribution in [3.05, 3.63) is 28.0 Å². The lowest BCUT2D eigenvalue weighted by Gasteiger charge is -2.05. The molecule has 0 fully saturated rings. The largest absolute Gasteiger partial charge is 0.463 e. The molecular weight excluding hydrogens is 196 g/mol. The zero-order valence-electron chi connectivity index (χ0n) is 8.66. The molecule has 1 aromatic heterocycles. The smallest absolute Gasteiger partial charge is 0.333 e.